The number of anilines is 1. The highest BCUT2D eigenvalue weighted by Gasteiger charge is 2.19. The van der Waals surface area contributed by atoms with Gasteiger partial charge in [-0.05, 0) is 49.7 Å². The van der Waals surface area contributed by atoms with Gasteiger partial charge >= 0.3 is 0 Å². The number of hydrogen-bond donors (Lipinski definition) is 1. The van der Waals surface area contributed by atoms with Crippen LogP contribution in [0.5, 0.6) is 5.75 Å². The predicted molar refractivity (Wildman–Crippen MR) is 124 cm³/mol. The number of carbonyl (C=O) groups excluding carboxylic acids is 1. The van der Waals surface area contributed by atoms with Crippen LogP contribution in [0, 0.1) is 15.9 Å². The van der Waals surface area contributed by atoms with Gasteiger partial charge in [-0.2, -0.15) is 0 Å². The fraction of sp³-hybridized carbons (Fsp3) is 0.375. The maximum atomic E-state index is 13.4. The average molecular weight is 455 g/mol. The number of benzene rings is 2. The van der Waals surface area contributed by atoms with E-state index in [0.717, 1.165) is 51.3 Å². The van der Waals surface area contributed by atoms with E-state index in [9.17, 15) is 19.3 Å². The van der Waals surface area contributed by atoms with Crippen molar-refractivity contribution in [1.82, 2.24) is 10.2 Å². The Bertz CT molecular complexity index is 1050. The van der Waals surface area contributed by atoms with Crippen LogP contribution in [0.25, 0.3) is 6.08 Å². The van der Waals surface area contributed by atoms with Gasteiger partial charge in [-0.3, -0.25) is 19.8 Å². The molecule has 0 bridgehead atoms. The van der Waals surface area contributed by atoms with E-state index in [1.54, 1.807) is 24.3 Å². The number of halogens is 1. The number of carbonyl (C=O) groups is 1. The molecule has 0 radical (unpaired) electrons. The molecule has 2 aromatic carbocycles. The molecule has 0 unspecified atom stereocenters. The fourth-order valence-electron chi connectivity index (χ4n) is 4.09. The number of nitro benzene ring substituents is 1. The van der Waals surface area contributed by atoms with Crippen LogP contribution in [0.2, 0.25) is 0 Å². The van der Waals surface area contributed by atoms with Crippen LogP contribution in [0.1, 0.15) is 18.4 Å². The van der Waals surface area contributed by atoms with Gasteiger partial charge in [-0.25, -0.2) is 4.39 Å². The van der Waals surface area contributed by atoms with Gasteiger partial charge in [0, 0.05) is 56.1 Å². The Morgan fingerprint density at radius 1 is 1.12 bits per heavy atom. The average Bonchev–Trinajstić information content (AvgIpc) is 2.83. The van der Waals surface area contributed by atoms with Crippen molar-refractivity contribution in [1.29, 1.82) is 0 Å². The van der Waals surface area contributed by atoms with Crippen LogP contribution in [-0.4, -0.2) is 61.6 Å². The van der Waals surface area contributed by atoms with Crippen LogP contribution < -0.4 is 15.0 Å². The number of non-ortho nitro benzene ring substituents is 1. The second-order valence-corrected chi connectivity index (χ2v) is 8.21. The van der Waals surface area contributed by atoms with Gasteiger partial charge in [0.15, 0.2) is 0 Å². The minimum atomic E-state index is -0.366. The quantitative estimate of drug-likeness (QED) is 0.374. The Morgan fingerprint density at radius 2 is 1.94 bits per heavy atom. The molecule has 4 rings (SSSR count). The molecule has 1 N–H and O–H groups in total. The van der Waals surface area contributed by atoms with Crippen molar-refractivity contribution >= 4 is 23.4 Å². The summed E-state index contributed by atoms with van der Waals surface area (Å²) in [5, 5.41) is 13.9. The van der Waals surface area contributed by atoms with Crippen molar-refractivity contribution in [3.8, 4) is 5.75 Å². The van der Waals surface area contributed by atoms with Crippen molar-refractivity contribution in [2.75, 3.05) is 50.8 Å². The first-order valence-electron chi connectivity index (χ1n) is 11.1. The van der Waals surface area contributed by atoms with Crippen LogP contribution in [0.3, 0.4) is 0 Å². The summed E-state index contributed by atoms with van der Waals surface area (Å²) in [5.41, 5.74) is 2.07. The van der Waals surface area contributed by atoms with E-state index in [0.29, 0.717) is 23.4 Å². The maximum absolute atomic E-state index is 13.4. The summed E-state index contributed by atoms with van der Waals surface area (Å²) < 4.78 is 18.9. The minimum absolute atomic E-state index is 0.115. The lowest BCUT2D eigenvalue weighted by Gasteiger charge is -2.36. The molecule has 2 aliphatic heterocycles. The zero-order valence-corrected chi connectivity index (χ0v) is 18.3. The normalized spacial score (nSPS) is 15.9. The Labute approximate surface area is 191 Å². The highest BCUT2D eigenvalue weighted by atomic mass is 19.1. The molecule has 2 heterocycles. The Hall–Kier alpha value is -3.46. The molecule has 0 saturated carbocycles. The SMILES string of the molecule is O=C(NCCCCN1CCN(c2cccc([N+](=O)[O-])c2)CC1)C1=Cc2cc(F)ccc2OC1. The monoisotopic (exact) mass is 454 g/mol. The standard InChI is InChI=1S/C24H27FN4O4/c25-20-6-7-23-18(15-20)14-19(17-33-23)24(30)26-8-1-2-9-27-10-12-28(13-11-27)21-4-3-5-22(16-21)29(31)32/h3-7,14-16H,1-2,8-13,17H2,(H,26,30). The number of amides is 1. The first-order valence-corrected chi connectivity index (χ1v) is 11.1. The summed E-state index contributed by atoms with van der Waals surface area (Å²) in [6.07, 6.45) is 3.49. The molecule has 1 fully saturated rings. The van der Waals surface area contributed by atoms with Crippen molar-refractivity contribution in [2.24, 2.45) is 0 Å². The third-order valence-corrected chi connectivity index (χ3v) is 5.94. The maximum Gasteiger partial charge on any atom is 0.271 e. The molecule has 1 amide bonds. The second-order valence-electron chi connectivity index (χ2n) is 8.21. The molecular weight excluding hydrogens is 427 g/mol. The molecular formula is C24H27FN4O4. The Balaban J connectivity index is 1.15. The molecule has 33 heavy (non-hydrogen) atoms. The summed E-state index contributed by atoms with van der Waals surface area (Å²) in [6.45, 7) is 5.14. The number of rotatable bonds is 8. The van der Waals surface area contributed by atoms with Gasteiger partial charge in [-0.15, -0.1) is 0 Å². The third kappa shape index (κ3) is 5.87. The lowest BCUT2D eigenvalue weighted by atomic mass is 10.1. The number of unbranched alkanes of at least 4 members (excludes halogenated alkanes) is 1. The van der Waals surface area contributed by atoms with Crippen LogP contribution >= 0.6 is 0 Å². The number of nitrogens with zero attached hydrogens (tertiary/aromatic N) is 3. The lowest BCUT2D eigenvalue weighted by molar-refractivity contribution is -0.384. The number of hydrogen-bond acceptors (Lipinski definition) is 6. The fourth-order valence-corrected chi connectivity index (χ4v) is 4.09. The van der Waals surface area contributed by atoms with Crippen molar-refractivity contribution in [3.63, 3.8) is 0 Å². The first-order chi connectivity index (χ1) is 16.0. The molecule has 9 heteroatoms. The lowest BCUT2D eigenvalue weighted by Crippen LogP contribution is -2.46. The van der Waals surface area contributed by atoms with E-state index in [1.165, 1.54) is 18.2 Å². The van der Waals surface area contributed by atoms with Crippen LogP contribution in [0.15, 0.2) is 48.0 Å². The topological polar surface area (TPSA) is 88.0 Å². The van der Waals surface area contributed by atoms with Gasteiger partial charge in [0.2, 0.25) is 0 Å². The number of nitro groups is 1. The van der Waals surface area contributed by atoms with Crippen molar-refractivity contribution in [3.05, 3.63) is 69.5 Å². The van der Waals surface area contributed by atoms with Crippen molar-refractivity contribution in [2.45, 2.75) is 12.8 Å². The Morgan fingerprint density at radius 3 is 2.73 bits per heavy atom. The molecule has 174 valence electrons. The van der Waals surface area contributed by atoms with Gasteiger partial charge < -0.3 is 15.0 Å². The van der Waals surface area contributed by atoms with Crippen LogP contribution in [-0.2, 0) is 4.79 Å². The molecule has 0 atom stereocenters. The smallest absolute Gasteiger partial charge is 0.271 e. The number of piperazine rings is 1. The van der Waals surface area contributed by atoms with E-state index in [4.69, 9.17) is 4.74 Å². The first kappa shape index (κ1) is 22.7. The number of fused-ring (bicyclic) bond motifs is 1. The van der Waals surface area contributed by atoms with Gasteiger partial charge in [0.25, 0.3) is 11.6 Å². The molecule has 0 aliphatic carbocycles. The summed E-state index contributed by atoms with van der Waals surface area (Å²) in [4.78, 5) is 27.5. The van der Waals surface area contributed by atoms with E-state index >= 15 is 0 Å². The van der Waals surface area contributed by atoms with Gasteiger partial charge in [-0.1, -0.05) is 6.07 Å². The zero-order valence-electron chi connectivity index (χ0n) is 18.3. The highest BCUT2D eigenvalue weighted by molar-refractivity contribution is 5.99. The van der Waals surface area contributed by atoms with Crippen molar-refractivity contribution < 1.29 is 18.8 Å². The number of nitrogens with one attached hydrogen (secondary N) is 1. The summed E-state index contributed by atoms with van der Waals surface area (Å²) in [7, 11) is 0. The molecule has 2 aromatic rings. The van der Waals surface area contributed by atoms with Crippen LogP contribution in [0.4, 0.5) is 15.8 Å². The van der Waals surface area contributed by atoms with E-state index in [2.05, 4.69) is 15.1 Å². The zero-order chi connectivity index (χ0) is 23.2. The summed E-state index contributed by atoms with van der Waals surface area (Å²) in [5.74, 6) is 0.0372. The minimum Gasteiger partial charge on any atom is -0.488 e. The molecule has 1 saturated heterocycles. The second kappa shape index (κ2) is 10.4. The molecule has 0 spiro atoms. The molecule has 0 aromatic heterocycles. The highest BCUT2D eigenvalue weighted by Crippen LogP contribution is 2.27. The summed E-state index contributed by atoms with van der Waals surface area (Å²) in [6, 6.07) is 11.0. The number of ether oxygens (including phenoxy) is 1. The predicted octanol–water partition coefficient (Wildman–Crippen LogP) is 3.23. The van der Waals surface area contributed by atoms with Gasteiger partial charge in [0.05, 0.1) is 10.5 Å². The molecule has 8 nitrogen and oxygen atoms in total. The van der Waals surface area contributed by atoms with E-state index in [1.807, 2.05) is 6.07 Å². The van der Waals surface area contributed by atoms with Gasteiger partial charge in [0.1, 0.15) is 18.2 Å². The largest absolute Gasteiger partial charge is 0.488 e. The van der Waals surface area contributed by atoms with E-state index < -0.39 is 0 Å². The summed E-state index contributed by atoms with van der Waals surface area (Å²) >= 11 is 0. The van der Waals surface area contributed by atoms with E-state index in [-0.39, 0.29) is 28.9 Å². The molecule has 2 aliphatic rings. The third-order valence-electron chi connectivity index (χ3n) is 5.94. The Kier molecular flexibility index (Phi) is 7.19.